The van der Waals surface area contributed by atoms with Crippen LogP contribution in [0.5, 0.6) is 0 Å². The molecule has 1 aromatic carbocycles. The average Bonchev–Trinajstić information content (AvgIpc) is 2.84. The van der Waals surface area contributed by atoms with Crippen LogP contribution in [0.4, 0.5) is 5.69 Å². The van der Waals surface area contributed by atoms with E-state index in [4.69, 9.17) is 5.73 Å². The van der Waals surface area contributed by atoms with E-state index in [2.05, 4.69) is 10.4 Å². The standard InChI is InChI=1S/C14H18N4O2/c15-12-7-16-18(8-12)9-14(20)17-13(10-19)6-11-4-2-1-3-5-11/h1-5,7-8,13,19H,6,9-10,15H2,(H,17,20). The highest BCUT2D eigenvalue weighted by atomic mass is 16.3. The Balaban J connectivity index is 1.88. The molecule has 0 radical (unpaired) electrons. The monoisotopic (exact) mass is 274 g/mol. The molecule has 1 atom stereocenters. The number of nitrogens with one attached hydrogen (secondary N) is 1. The van der Waals surface area contributed by atoms with E-state index in [-0.39, 0.29) is 25.1 Å². The molecule has 4 N–H and O–H groups in total. The van der Waals surface area contributed by atoms with Gasteiger partial charge in [0.15, 0.2) is 0 Å². The van der Waals surface area contributed by atoms with Crippen molar-refractivity contribution in [3.8, 4) is 0 Å². The number of rotatable bonds is 6. The highest BCUT2D eigenvalue weighted by Gasteiger charge is 2.12. The summed E-state index contributed by atoms with van der Waals surface area (Å²) in [6, 6.07) is 9.40. The van der Waals surface area contributed by atoms with Crippen LogP contribution >= 0.6 is 0 Å². The number of carbonyl (C=O) groups excluding carboxylic acids is 1. The summed E-state index contributed by atoms with van der Waals surface area (Å²) in [5.74, 6) is -0.205. The van der Waals surface area contributed by atoms with E-state index in [1.807, 2.05) is 30.3 Å². The Morgan fingerprint density at radius 1 is 1.40 bits per heavy atom. The van der Waals surface area contributed by atoms with Crippen LogP contribution in [0.3, 0.4) is 0 Å². The number of aliphatic hydroxyl groups is 1. The molecule has 1 aromatic heterocycles. The highest BCUT2D eigenvalue weighted by Crippen LogP contribution is 2.03. The fourth-order valence-corrected chi connectivity index (χ4v) is 1.95. The molecule has 0 bridgehead atoms. The quantitative estimate of drug-likeness (QED) is 0.701. The van der Waals surface area contributed by atoms with Crippen molar-refractivity contribution in [3.05, 3.63) is 48.3 Å². The van der Waals surface area contributed by atoms with E-state index >= 15 is 0 Å². The minimum absolute atomic E-state index is 0.0858. The molecule has 1 amide bonds. The third kappa shape index (κ3) is 4.10. The van der Waals surface area contributed by atoms with Crippen molar-refractivity contribution in [1.82, 2.24) is 15.1 Å². The molecule has 106 valence electrons. The van der Waals surface area contributed by atoms with Crippen molar-refractivity contribution in [3.63, 3.8) is 0 Å². The van der Waals surface area contributed by atoms with Crippen LogP contribution in [-0.2, 0) is 17.8 Å². The molecular formula is C14H18N4O2. The normalized spacial score (nSPS) is 12.1. The van der Waals surface area contributed by atoms with Crippen molar-refractivity contribution < 1.29 is 9.90 Å². The van der Waals surface area contributed by atoms with Crippen LogP contribution in [-0.4, -0.2) is 33.4 Å². The van der Waals surface area contributed by atoms with Gasteiger partial charge in [0.05, 0.1) is 24.5 Å². The summed E-state index contributed by atoms with van der Waals surface area (Å²) in [5, 5.41) is 16.1. The predicted molar refractivity (Wildman–Crippen MR) is 75.8 cm³/mol. The highest BCUT2D eigenvalue weighted by molar-refractivity contribution is 5.76. The first-order valence-corrected chi connectivity index (χ1v) is 6.39. The zero-order valence-electron chi connectivity index (χ0n) is 11.1. The van der Waals surface area contributed by atoms with Gasteiger partial charge in [0, 0.05) is 6.20 Å². The Morgan fingerprint density at radius 3 is 2.75 bits per heavy atom. The maximum Gasteiger partial charge on any atom is 0.242 e. The molecule has 0 aliphatic heterocycles. The summed E-state index contributed by atoms with van der Waals surface area (Å²) >= 11 is 0. The maximum absolute atomic E-state index is 11.9. The SMILES string of the molecule is Nc1cnn(CC(=O)NC(CO)Cc2ccccc2)c1. The molecule has 0 saturated carbocycles. The fourth-order valence-electron chi connectivity index (χ4n) is 1.95. The smallest absolute Gasteiger partial charge is 0.242 e. The number of aliphatic hydroxyl groups excluding tert-OH is 1. The van der Waals surface area contributed by atoms with Crippen molar-refractivity contribution in [2.45, 2.75) is 19.0 Å². The molecule has 20 heavy (non-hydrogen) atoms. The first-order chi connectivity index (χ1) is 9.67. The molecule has 0 aliphatic carbocycles. The second-order valence-electron chi connectivity index (χ2n) is 4.61. The van der Waals surface area contributed by atoms with Crippen LogP contribution in [0.25, 0.3) is 0 Å². The van der Waals surface area contributed by atoms with Crippen molar-refractivity contribution in [2.24, 2.45) is 0 Å². The topological polar surface area (TPSA) is 93.2 Å². The van der Waals surface area contributed by atoms with Gasteiger partial charge < -0.3 is 16.2 Å². The number of benzene rings is 1. The van der Waals surface area contributed by atoms with Gasteiger partial charge in [0.2, 0.25) is 5.91 Å². The first-order valence-electron chi connectivity index (χ1n) is 6.39. The number of nitrogen functional groups attached to an aromatic ring is 1. The lowest BCUT2D eigenvalue weighted by molar-refractivity contribution is -0.122. The van der Waals surface area contributed by atoms with E-state index in [0.29, 0.717) is 12.1 Å². The Hall–Kier alpha value is -2.34. The van der Waals surface area contributed by atoms with Crippen LogP contribution in [0.1, 0.15) is 5.56 Å². The summed E-state index contributed by atoms with van der Waals surface area (Å²) < 4.78 is 1.46. The van der Waals surface area contributed by atoms with E-state index in [1.54, 1.807) is 6.20 Å². The second-order valence-corrected chi connectivity index (χ2v) is 4.61. The van der Waals surface area contributed by atoms with Gasteiger partial charge in [-0.2, -0.15) is 5.10 Å². The number of hydrogen-bond acceptors (Lipinski definition) is 4. The minimum Gasteiger partial charge on any atom is -0.396 e. The lowest BCUT2D eigenvalue weighted by Gasteiger charge is -2.16. The third-order valence-electron chi connectivity index (χ3n) is 2.87. The van der Waals surface area contributed by atoms with E-state index < -0.39 is 0 Å². The van der Waals surface area contributed by atoms with Crippen molar-refractivity contribution >= 4 is 11.6 Å². The third-order valence-corrected chi connectivity index (χ3v) is 2.87. The van der Waals surface area contributed by atoms with Crippen LogP contribution < -0.4 is 11.1 Å². The van der Waals surface area contributed by atoms with E-state index in [1.165, 1.54) is 10.9 Å². The number of hydrogen-bond donors (Lipinski definition) is 3. The van der Waals surface area contributed by atoms with Crippen molar-refractivity contribution in [2.75, 3.05) is 12.3 Å². The van der Waals surface area contributed by atoms with Crippen LogP contribution in [0, 0.1) is 0 Å². The lowest BCUT2D eigenvalue weighted by atomic mass is 10.1. The molecule has 6 nitrogen and oxygen atoms in total. The number of aromatic nitrogens is 2. The Labute approximate surface area is 117 Å². The van der Waals surface area contributed by atoms with Gasteiger partial charge in [0.1, 0.15) is 6.54 Å². The molecule has 2 rings (SSSR count). The molecule has 6 heteroatoms. The van der Waals surface area contributed by atoms with Gasteiger partial charge >= 0.3 is 0 Å². The molecule has 0 fully saturated rings. The molecule has 1 unspecified atom stereocenters. The van der Waals surface area contributed by atoms with Gasteiger partial charge in [-0.1, -0.05) is 30.3 Å². The number of amides is 1. The lowest BCUT2D eigenvalue weighted by Crippen LogP contribution is -2.40. The Bertz CT molecular complexity index is 553. The number of nitrogens with zero attached hydrogens (tertiary/aromatic N) is 2. The Morgan fingerprint density at radius 2 is 2.15 bits per heavy atom. The number of carbonyl (C=O) groups is 1. The largest absolute Gasteiger partial charge is 0.396 e. The number of nitrogens with two attached hydrogens (primary N) is 1. The van der Waals surface area contributed by atoms with Crippen molar-refractivity contribution in [1.29, 1.82) is 0 Å². The van der Waals surface area contributed by atoms with Gasteiger partial charge in [-0.25, -0.2) is 0 Å². The Kier molecular flexibility index (Phi) is 4.73. The summed E-state index contributed by atoms with van der Waals surface area (Å²) in [5.41, 5.74) is 7.11. The zero-order valence-corrected chi connectivity index (χ0v) is 11.1. The van der Waals surface area contributed by atoms with E-state index in [9.17, 15) is 9.90 Å². The maximum atomic E-state index is 11.9. The number of anilines is 1. The molecular weight excluding hydrogens is 256 g/mol. The summed E-state index contributed by atoms with van der Waals surface area (Å²) in [7, 11) is 0. The molecule has 2 aromatic rings. The molecule has 0 aliphatic rings. The average molecular weight is 274 g/mol. The second kappa shape index (κ2) is 6.72. The summed E-state index contributed by atoms with van der Waals surface area (Å²) in [4.78, 5) is 11.9. The first kappa shape index (κ1) is 14.1. The van der Waals surface area contributed by atoms with E-state index in [0.717, 1.165) is 5.56 Å². The van der Waals surface area contributed by atoms with Gasteiger partial charge in [0.25, 0.3) is 0 Å². The zero-order chi connectivity index (χ0) is 14.4. The molecule has 1 heterocycles. The molecule has 0 spiro atoms. The van der Waals surface area contributed by atoms with Crippen LogP contribution in [0.2, 0.25) is 0 Å². The van der Waals surface area contributed by atoms with Gasteiger partial charge in [-0.3, -0.25) is 9.48 Å². The van der Waals surface area contributed by atoms with Gasteiger partial charge in [-0.05, 0) is 12.0 Å². The fraction of sp³-hybridized carbons (Fsp3) is 0.286. The predicted octanol–water partition coefficient (Wildman–Crippen LogP) is 0.185. The summed E-state index contributed by atoms with van der Waals surface area (Å²) in [6.45, 7) is -0.0234. The minimum atomic E-state index is -0.308. The van der Waals surface area contributed by atoms with Crippen LogP contribution in [0.15, 0.2) is 42.7 Å². The summed E-state index contributed by atoms with van der Waals surface area (Å²) in [6.07, 6.45) is 3.66. The molecule has 0 saturated heterocycles. The van der Waals surface area contributed by atoms with Gasteiger partial charge in [-0.15, -0.1) is 0 Å².